The summed E-state index contributed by atoms with van der Waals surface area (Å²) in [6, 6.07) is 10.3. The summed E-state index contributed by atoms with van der Waals surface area (Å²) in [5.41, 5.74) is 0. The van der Waals surface area contributed by atoms with Gasteiger partial charge in [-0.3, -0.25) is 0 Å². The van der Waals surface area contributed by atoms with Crippen molar-refractivity contribution in [2.45, 2.75) is 43.9 Å². The van der Waals surface area contributed by atoms with E-state index in [9.17, 15) is 10.2 Å². The molecule has 100 valence electrons. The van der Waals surface area contributed by atoms with Gasteiger partial charge in [0.2, 0.25) is 0 Å². The lowest BCUT2D eigenvalue weighted by Crippen LogP contribution is -2.61. The van der Waals surface area contributed by atoms with E-state index in [1.54, 1.807) is 6.92 Å². The third-order valence-electron chi connectivity index (χ3n) is 4.11. The van der Waals surface area contributed by atoms with Crippen LogP contribution in [0.25, 0.3) is 0 Å². The van der Waals surface area contributed by atoms with E-state index in [4.69, 9.17) is 4.74 Å². The van der Waals surface area contributed by atoms with Crippen molar-refractivity contribution in [3.8, 4) is 0 Å². The second-order valence-electron chi connectivity index (χ2n) is 5.77. The average Bonchev–Trinajstić information content (AvgIpc) is 3.10. The lowest BCUT2D eigenvalue weighted by Gasteiger charge is -2.34. The normalized spacial score (nSPS) is 26.7. The van der Waals surface area contributed by atoms with Crippen LogP contribution in [0, 0.1) is 0 Å². The molecule has 0 radical (unpaired) electrons. The van der Waals surface area contributed by atoms with Gasteiger partial charge in [0, 0.05) is 6.42 Å². The molecule has 1 fully saturated rings. The van der Waals surface area contributed by atoms with Crippen LogP contribution >= 0.6 is 0 Å². The fraction of sp³-hybridized carbons (Fsp3) is 0.571. The van der Waals surface area contributed by atoms with Crippen LogP contribution in [0.15, 0.2) is 30.3 Å². The molecule has 2 rings (SSSR count). The minimum absolute atomic E-state index is 0.378. The van der Waals surface area contributed by atoms with Crippen molar-refractivity contribution in [3.63, 3.8) is 0 Å². The number of rotatable bonds is 5. The maximum Gasteiger partial charge on any atom is 0.123 e. The SMILES string of the molecule is C[C@H](O)C[C@@H](O)[C@]1([Si](C)(C)c2ccccc2)CO1. The summed E-state index contributed by atoms with van der Waals surface area (Å²) >= 11 is 0. The molecule has 3 atom stereocenters. The van der Waals surface area contributed by atoms with Crippen LogP contribution in [-0.4, -0.2) is 42.3 Å². The van der Waals surface area contributed by atoms with Gasteiger partial charge in [0.25, 0.3) is 0 Å². The van der Waals surface area contributed by atoms with Crippen molar-refractivity contribution >= 4 is 13.3 Å². The first-order valence-corrected chi connectivity index (χ1v) is 9.46. The molecule has 4 heteroatoms. The third-order valence-corrected chi connectivity index (χ3v) is 8.63. The van der Waals surface area contributed by atoms with Crippen molar-refractivity contribution < 1.29 is 14.9 Å². The van der Waals surface area contributed by atoms with Gasteiger partial charge in [0.05, 0.1) is 18.8 Å². The summed E-state index contributed by atoms with van der Waals surface area (Å²) in [5.74, 6) is 0. The number of epoxide rings is 1. The zero-order valence-corrected chi connectivity index (χ0v) is 12.3. The molecule has 3 nitrogen and oxygen atoms in total. The Labute approximate surface area is 109 Å². The van der Waals surface area contributed by atoms with E-state index >= 15 is 0 Å². The van der Waals surface area contributed by atoms with E-state index in [1.165, 1.54) is 5.19 Å². The maximum atomic E-state index is 10.4. The van der Waals surface area contributed by atoms with Gasteiger partial charge < -0.3 is 14.9 Å². The van der Waals surface area contributed by atoms with Crippen molar-refractivity contribution in [3.05, 3.63) is 30.3 Å². The number of ether oxygens (including phenoxy) is 1. The van der Waals surface area contributed by atoms with Gasteiger partial charge in [-0.15, -0.1) is 0 Å². The predicted octanol–water partition coefficient (Wildman–Crippen LogP) is 1.04. The second-order valence-corrected chi connectivity index (χ2v) is 10.4. The second kappa shape index (κ2) is 4.77. The molecule has 0 amide bonds. The van der Waals surface area contributed by atoms with Gasteiger partial charge in [0.1, 0.15) is 13.3 Å². The van der Waals surface area contributed by atoms with Crippen LogP contribution < -0.4 is 5.19 Å². The molecular weight excluding hydrogens is 244 g/mol. The Morgan fingerprint density at radius 3 is 2.28 bits per heavy atom. The first-order chi connectivity index (χ1) is 8.40. The molecule has 1 heterocycles. The molecule has 1 aliphatic rings. The highest BCUT2D eigenvalue weighted by atomic mass is 28.3. The summed E-state index contributed by atoms with van der Waals surface area (Å²) in [7, 11) is -1.91. The molecule has 18 heavy (non-hydrogen) atoms. The molecule has 2 N–H and O–H groups in total. The largest absolute Gasteiger partial charge is 0.393 e. The van der Waals surface area contributed by atoms with E-state index in [-0.39, 0.29) is 0 Å². The summed E-state index contributed by atoms with van der Waals surface area (Å²) in [5, 5.41) is 20.7. The molecule has 0 spiro atoms. The quantitative estimate of drug-likeness (QED) is 0.618. The summed E-state index contributed by atoms with van der Waals surface area (Å²) in [4.78, 5) is 0. The lowest BCUT2D eigenvalue weighted by molar-refractivity contribution is 0.0555. The van der Waals surface area contributed by atoms with Gasteiger partial charge in [0.15, 0.2) is 0 Å². The number of aliphatic hydroxyl groups excluding tert-OH is 2. The molecule has 0 bridgehead atoms. The van der Waals surface area contributed by atoms with E-state index in [2.05, 4.69) is 25.2 Å². The molecule has 0 unspecified atom stereocenters. The highest BCUT2D eigenvalue weighted by Gasteiger charge is 2.62. The number of hydrogen-bond donors (Lipinski definition) is 2. The van der Waals surface area contributed by atoms with E-state index in [0.29, 0.717) is 13.0 Å². The standard InChI is InChI=1S/C14H22O3Si/c1-11(15)9-13(16)14(10-17-14)18(2,3)12-7-5-4-6-8-12/h4-8,11,13,15-16H,9-10H2,1-3H3/t11-,13+,14+/m0/s1. The van der Waals surface area contributed by atoms with Crippen molar-refractivity contribution in [1.29, 1.82) is 0 Å². The Bertz CT molecular complexity index is 399. The summed E-state index contributed by atoms with van der Waals surface area (Å²) in [6.07, 6.45) is -0.704. The Morgan fingerprint density at radius 2 is 1.83 bits per heavy atom. The molecule has 1 aromatic carbocycles. The zero-order chi connectivity index (χ0) is 13.4. The van der Waals surface area contributed by atoms with Gasteiger partial charge in [-0.2, -0.15) is 0 Å². The lowest BCUT2D eigenvalue weighted by atomic mass is 10.1. The van der Waals surface area contributed by atoms with Crippen LogP contribution in [-0.2, 0) is 4.74 Å². The number of hydrogen-bond acceptors (Lipinski definition) is 3. The van der Waals surface area contributed by atoms with Crippen LogP contribution in [0.2, 0.25) is 13.1 Å². The van der Waals surface area contributed by atoms with Crippen molar-refractivity contribution in [1.82, 2.24) is 0 Å². The molecule has 1 saturated heterocycles. The number of benzene rings is 1. The highest BCUT2D eigenvalue weighted by molar-refractivity contribution is 6.92. The monoisotopic (exact) mass is 266 g/mol. The average molecular weight is 266 g/mol. The van der Waals surface area contributed by atoms with Crippen molar-refractivity contribution in [2.24, 2.45) is 0 Å². The van der Waals surface area contributed by atoms with Crippen LogP contribution in [0.1, 0.15) is 13.3 Å². The predicted molar refractivity (Wildman–Crippen MR) is 74.5 cm³/mol. The topological polar surface area (TPSA) is 53.0 Å². The Kier molecular flexibility index (Phi) is 3.64. The van der Waals surface area contributed by atoms with Crippen LogP contribution in [0.5, 0.6) is 0 Å². The minimum Gasteiger partial charge on any atom is -0.393 e. The smallest absolute Gasteiger partial charge is 0.123 e. The molecular formula is C14H22O3Si. The fourth-order valence-corrected chi connectivity index (χ4v) is 5.92. The molecule has 0 aromatic heterocycles. The maximum absolute atomic E-state index is 10.4. The van der Waals surface area contributed by atoms with Crippen LogP contribution in [0.3, 0.4) is 0 Å². The van der Waals surface area contributed by atoms with Gasteiger partial charge in [-0.05, 0) is 6.92 Å². The number of aliphatic hydroxyl groups is 2. The minimum atomic E-state index is -1.91. The van der Waals surface area contributed by atoms with Gasteiger partial charge >= 0.3 is 0 Å². The highest BCUT2D eigenvalue weighted by Crippen LogP contribution is 2.41. The van der Waals surface area contributed by atoms with E-state index < -0.39 is 25.5 Å². The Balaban J connectivity index is 2.24. The van der Waals surface area contributed by atoms with Crippen LogP contribution in [0.4, 0.5) is 0 Å². The van der Waals surface area contributed by atoms with Crippen molar-refractivity contribution in [2.75, 3.05) is 6.61 Å². The molecule has 1 aromatic rings. The van der Waals surface area contributed by atoms with E-state index in [0.717, 1.165) is 0 Å². The molecule has 0 saturated carbocycles. The zero-order valence-electron chi connectivity index (χ0n) is 11.3. The summed E-state index contributed by atoms with van der Waals surface area (Å²) in [6.45, 7) is 6.76. The van der Waals surface area contributed by atoms with Gasteiger partial charge in [-0.1, -0.05) is 48.6 Å². The summed E-state index contributed by atoms with van der Waals surface area (Å²) < 4.78 is 5.68. The molecule has 1 aliphatic heterocycles. The fourth-order valence-electron chi connectivity index (χ4n) is 2.66. The first kappa shape index (κ1) is 13.7. The first-order valence-electron chi connectivity index (χ1n) is 6.46. The van der Waals surface area contributed by atoms with E-state index in [1.807, 2.05) is 18.2 Å². The Morgan fingerprint density at radius 1 is 1.28 bits per heavy atom. The van der Waals surface area contributed by atoms with Gasteiger partial charge in [-0.25, -0.2) is 0 Å². The third kappa shape index (κ3) is 2.25. The Hall–Kier alpha value is -0.683. The molecule has 0 aliphatic carbocycles.